The Bertz CT molecular complexity index is 138. The van der Waals surface area contributed by atoms with E-state index in [1.807, 2.05) is 14.0 Å². The lowest BCUT2D eigenvalue weighted by atomic mass is 10.3. The summed E-state index contributed by atoms with van der Waals surface area (Å²) in [4.78, 5) is 13.1. The van der Waals surface area contributed by atoms with Gasteiger partial charge in [-0.15, -0.1) is 0 Å². The fourth-order valence-corrected chi connectivity index (χ4v) is 1.08. The van der Waals surface area contributed by atoms with Crippen LogP contribution in [0.5, 0.6) is 0 Å². The highest BCUT2D eigenvalue weighted by atomic mass is 16.2. The Labute approximate surface area is 111 Å². The van der Waals surface area contributed by atoms with Crippen molar-refractivity contribution in [1.82, 2.24) is 10.2 Å². The molecule has 0 fully saturated rings. The summed E-state index contributed by atoms with van der Waals surface area (Å²) in [6.45, 7) is 6.93. The van der Waals surface area contributed by atoms with Gasteiger partial charge >= 0.3 is 0 Å². The third-order valence-corrected chi connectivity index (χ3v) is 1.94. The van der Waals surface area contributed by atoms with Gasteiger partial charge in [-0.1, -0.05) is 43.6 Å². The lowest BCUT2D eigenvalue weighted by Gasteiger charge is -2.16. The molecule has 0 bridgehead atoms. The van der Waals surface area contributed by atoms with E-state index in [0.717, 1.165) is 32.5 Å². The maximum Gasteiger partial charge on any atom is 0.222 e. The van der Waals surface area contributed by atoms with E-state index in [1.165, 1.54) is 0 Å². The largest absolute Gasteiger partial charge is 0.344 e. The summed E-state index contributed by atoms with van der Waals surface area (Å²) in [5, 5.41) is 3.27. The van der Waals surface area contributed by atoms with Crippen LogP contribution in [0, 0.1) is 0 Å². The van der Waals surface area contributed by atoms with Gasteiger partial charge in [-0.3, -0.25) is 4.79 Å². The number of hydrogen-bond donors (Lipinski definition) is 1. The van der Waals surface area contributed by atoms with Gasteiger partial charge in [-0.2, -0.15) is 0 Å². The summed E-state index contributed by atoms with van der Waals surface area (Å²) in [6, 6.07) is 0. The Morgan fingerprint density at radius 2 is 1.53 bits per heavy atom. The van der Waals surface area contributed by atoms with Crippen molar-refractivity contribution >= 4 is 5.91 Å². The number of rotatable bonds is 7. The summed E-state index contributed by atoms with van der Waals surface area (Å²) in [6.07, 6.45) is 2.75. The number of nitrogens with one attached hydrogen (secondary N) is 1. The molecule has 3 nitrogen and oxygen atoms in total. The highest BCUT2D eigenvalue weighted by molar-refractivity contribution is 5.75. The summed E-state index contributed by atoms with van der Waals surface area (Å²) in [5.41, 5.74) is 0. The molecular formula is C14H38N2O. The third-order valence-electron chi connectivity index (χ3n) is 1.94. The molecule has 0 atom stereocenters. The van der Waals surface area contributed by atoms with Gasteiger partial charge in [-0.05, 0) is 19.4 Å². The minimum absolute atomic E-state index is 0. The zero-order valence-electron chi connectivity index (χ0n) is 9.10. The van der Waals surface area contributed by atoms with Crippen LogP contribution in [0.3, 0.4) is 0 Å². The monoisotopic (exact) mass is 250 g/mol. The molecular weight excluding hydrogens is 212 g/mol. The highest BCUT2D eigenvalue weighted by Crippen LogP contribution is 1.93. The minimum atomic E-state index is 0. The number of likely N-dealkylation sites (N-methyl/N-ethyl adjacent to an activating group) is 1. The molecule has 0 rings (SSSR count). The molecule has 0 aromatic heterocycles. The molecule has 3 heteroatoms. The maximum atomic E-state index is 11.3. The molecule has 1 N–H and O–H groups in total. The van der Waals surface area contributed by atoms with Gasteiger partial charge in [0, 0.05) is 26.6 Å². The van der Waals surface area contributed by atoms with Gasteiger partial charge in [0.25, 0.3) is 0 Å². The molecule has 0 aromatic carbocycles. The molecule has 0 aromatic rings. The van der Waals surface area contributed by atoms with E-state index in [1.54, 1.807) is 4.90 Å². The van der Waals surface area contributed by atoms with Gasteiger partial charge in [0.1, 0.15) is 0 Å². The second-order valence-electron chi connectivity index (χ2n) is 3.32. The van der Waals surface area contributed by atoms with Crippen LogP contribution in [0.15, 0.2) is 0 Å². The molecule has 0 aliphatic rings. The second-order valence-corrected chi connectivity index (χ2v) is 3.32. The van der Waals surface area contributed by atoms with E-state index in [4.69, 9.17) is 0 Å². The number of carbonyl (C=O) groups excluding carboxylic acids is 1. The number of amides is 1. The van der Waals surface area contributed by atoms with Crippen LogP contribution in [0.4, 0.5) is 0 Å². The molecule has 0 heterocycles. The van der Waals surface area contributed by atoms with Crippen LogP contribution in [0.25, 0.3) is 0 Å². The van der Waals surface area contributed by atoms with Crippen LogP contribution in [0.2, 0.25) is 0 Å². The first-order valence-electron chi connectivity index (χ1n) is 5.17. The van der Waals surface area contributed by atoms with Gasteiger partial charge in [0.2, 0.25) is 5.91 Å². The number of nitrogens with zero attached hydrogens (tertiary/aromatic N) is 1. The first kappa shape index (κ1) is 29.9. The molecule has 0 spiro atoms. The fourth-order valence-electron chi connectivity index (χ4n) is 1.08. The Morgan fingerprint density at radius 1 is 1.00 bits per heavy atom. The third kappa shape index (κ3) is 18.0. The lowest BCUT2D eigenvalue weighted by molar-refractivity contribution is -0.129. The normalized spacial score (nSPS) is 7.71. The Kier molecular flexibility index (Phi) is 36.6. The van der Waals surface area contributed by atoms with Crippen molar-refractivity contribution in [3.8, 4) is 0 Å². The van der Waals surface area contributed by atoms with Crippen molar-refractivity contribution < 1.29 is 4.79 Å². The molecule has 17 heavy (non-hydrogen) atoms. The lowest BCUT2D eigenvalue weighted by Crippen LogP contribution is -2.33. The van der Waals surface area contributed by atoms with Crippen molar-refractivity contribution in [2.75, 3.05) is 26.7 Å². The smallest absolute Gasteiger partial charge is 0.222 e. The highest BCUT2D eigenvalue weighted by Gasteiger charge is 2.05. The standard InChI is InChI=1S/C10H22N2O.4CH4/c1-4-6-10(13)12(3)9-8-11-7-5-2;;;;/h11H,4-9H2,1-3H3;4*1H4. The minimum Gasteiger partial charge on any atom is -0.344 e. The summed E-state index contributed by atoms with van der Waals surface area (Å²) < 4.78 is 0. The van der Waals surface area contributed by atoms with Crippen LogP contribution in [-0.2, 0) is 4.79 Å². The molecule has 0 saturated heterocycles. The summed E-state index contributed by atoms with van der Waals surface area (Å²) in [7, 11) is 1.87. The second kappa shape index (κ2) is 20.8. The van der Waals surface area contributed by atoms with Crippen molar-refractivity contribution in [3.63, 3.8) is 0 Å². The van der Waals surface area contributed by atoms with Crippen molar-refractivity contribution in [2.45, 2.75) is 62.8 Å². The average Bonchev–Trinajstić information content (AvgIpc) is 2.12. The number of carbonyl (C=O) groups is 1. The molecule has 110 valence electrons. The van der Waals surface area contributed by atoms with Gasteiger partial charge in [0.15, 0.2) is 0 Å². The summed E-state index contributed by atoms with van der Waals surface area (Å²) >= 11 is 0. The average molecular weight is 250 g/mol. The van der Waals surface area contributed by atoms with Crippen molar-refractivity contribution in [2.24, 2.45) is 0 Å². The zero-order valence-corrected chi connectivity index (χ0v) is 9.10. The first-order valence-corrected chi connectivity index (χ1v) is 5.17. The maximum absolute atomic E-state index is 11.3. The Balaban J connectivity index is -0.000000120. The van der Waals surface area contributed by atoms with Gasteiger partial charge in [0.05, 0.1) is 0 Å². The van der Waals surface area contributed by atoms with E-state index in [9.17, 15) is 4.79 Å². The molecule has 0 aliphatic heterocycles. The fraction of sp³-hybridized carbons (Fsp3) is 0.929. The predicted molar refractivity (Wildman–Crippen MR) is 82.6 cm³/mol. The van der Waals surface area contributed by atoms with Crippen molar-refractivity contribution in [1.29, 1.82) is 0 Å². The summed E-state index contributed by atoms with van der Waals surface area (Å²) in [5.74, 6) is 0.251. The predicted octanol–water partition coefficient (Wildman–Crippen LogP) is 3.79. The van der Waals surface area contributed by atoms with Crippen LogP contribution < -0.4 is 5.32 Å². The molecule has 1 amide bonds. The Hall–Kier alpha value is -0.570. The topological polar surface area (TPSA) is 32.3 Å². The van der Waals surface area contributed by atoms with E-state index in [-0.39, 0.29) is 35.6 Å². The van der Waals surface area contributed by atoms with Crippen LogP contribution >= 0.6 is 0 Å². The zero-order chi connectivity index (χ0) is 10.1. The van der Waals surface area contributed by atoms with E-state index in [0.29, 0.717) is 6.42 Å². The molecule has 0 unspecified atom stereocenters. The molecule has 0 radical (unpaired) electrons. The SMILES string of the molecule is C.C.C.C.CCCNCCN(C)C(=O)CCC. The van der Waals surface area contributed by atoms with Crippen LogP contribution in [0.1, 0.15) is 62.8 Å². The van der Waals surface area contributed by atoms with E-state index >= 15 is 0 Å². The van der Waals surface area contributed by atoms with Crippen LogP contribution in [-0.4, -0.2) is 37.5 Å². The number of hydrogen-bond acceptors (Lipinski definition) is 2. The Morgan fingerprint density at radius 3 is 1.94 bits per heavy atom. The van der Waals surface area contributed by atoms with Crippen molar-refractivity contribution in [3.05, 3.63) is 0 Å². The quantitative estimate of drug-likeness (QED) is 0.697. The first-order chi connectivity index (χ1) is 6.22. The van der Waals surface area contributed by atoms with E-state index in [2.05, 4.69) is 12.2 Å². The van der Waals surface area contributed by atoms with Gasteiger partial charge in [-0.25, -0.2) is 0 Å². The van der Waals surface area contributed by atoms with E-state index < -0.39 is 0 Å². The molecule has 0 saturated carbocycles. The molecule has 0 aliphatic carbocycles. The van der Waals surface area contributed by atoms with Gasteiger partial charge < -0.3 is 10.2 Å².